The molecule has 0 heterocycles. The number of benzene rings is 1. The van der Waals surface area contributed by atoms with Gasteiger partial charge in [-0.05, 0) is 37.1 Å². The second-order valence-corrected chi connectivity index (χ2v) is 4.72. The Morgan fingerprint density at radius 2 is 2.29 bits per heavy atom. The van der Waals surface area contributed by atoms with Gasteiger partial charge in [-0.1, -0.05) is 33.1 Å². The summed E-state index contributed by atoms with van der Waals surface area (Å²) in [5.41, 5.74) is 8.12. The zero-order chi connectivity index (χ0) is 10.7. The summed E-state index contributed by atoms with van der Waals surface area (Å²) >= 11 is 9.35. The Kier molecular flexibility index (Phi) is 4.17. The van der Waals surface area contributed by atoms with E-state index < -0.39 is 0 Å². The second kappa shape index (κ2) is 4.96. The van der Waals surface area contributed by atoms with Crippen molar-refractivity contribution in [2.24, 2.45) is 5.73 Å². The van der Waals surface area contributed by atoms with E-state index in [2.05, 4.69) is 22.5 Å². The number of halogens is 2. The van der Waals surface area contributed by atoms with Gasteiger partial charge in [-0.15, -0.1) is 6.58 Å². The smallest absolute Gasteiger partial charge is 0.0410 e. The average molecular weight is 275 g/mol. The van der Waals surface area contributed by atoms with Gasteiger partial charge in [0.05, 0.1) is 0 Å². The minimum atomic E-state index is -0.0411. The SMILES string of the molecule is C=C(C)C[C@@H](N)c1cc(Cl)ccc1Br. The molecule has 0 amide bonds. The van der Waals surface area contributed by atoms with E-state index >= 15 is 0 Å². The van der Waals surface area contributed by atoms with Crippen molar-refractivity contribution in [2.75, 3.05) is 0 Å². The Bertz CT molecular complexity index is 349. The highest BCUT2D eigenvalue weighted by Crippen LogP contribution is 2.28. The molecule has 0 saturated carbocycles. The molecule has 1 aromatic carbocycles. The van der Waals surface area contributed by atoms with Gasteiger partial charge in [-0.3, -0.25) is 0 Å². The molecule has 0 aliphatic carbocycles. The van der Waals surface area contributed by atoms with Crippen LogP contribution in [0.25, 0.3) is 0 Å². The molecular weight excluding hydrogens is 261 g/mol. The van der Waals surface area contributed by atoms with Gasteiger partial charge in [0.15, 0.2) is 0 Å². The topological polar surface area (TPSA) is 26.0 Å². The molecular formula is C11H13BrClN. The van der Waals surface area contributed by atoms with Crippen molar-refractivity contribution < 1.29 is 0 Å². The van der Waals surface area contributed by atoms with Crippen molar-refractivity contribution in [1.82, 2.24) is 0 Å². The van der Waals surface area contributed by atoms with Crippen LogP contribution in [-0.4, -0.2) is 0 Å². The van der Waals surface area contributed by atoms with Crippen molar-refractivity contribution >= 4 is 27.5 Å². The molecule has 0 radical (unpaired) electrons. The average Bonchev–Trinajstić information content (AvgIpc) is 2.08. The Morgan fingerprint density at radius 1 is 1.64 bits per heavy atom. The lowest BCUT2D eigenvalue weighted by Gasteiger charge is -2.14. The molecule has 0 aliphatic heterocycles. The normalized spacial score (nSPS) is 12.6. The molecule has 0 spiro atoms. The number of nitrogens with two attached hydrogens (primary N) is 1. The molecule has 1 aromatic rings. The van der Waals surface area contributed by atoms with Crippen LogP contribution in [0.15, 0.2) is 34.8 Å². The predicted octanol–water partition coefficient (Wildman–Crippen LogP) is 4.07. The van der Waals surface area contributed by atoms with Crippen LogP contribution in [0.1, 0.15) is 24.9 Å². The number of rotatable bonds is 3. The lowest BCUT2D eigenvalue weighted by molar-refractivity contribution is 0.714. The number of hydrogen-bond donors (Lipinski definition) is 1. The van der Waals surface area contributed by atoms with Crippen molar-refractivity contribution in [2.45, 2.75) is 19.4 Å². The van der Waals surface area contributed by atoms with E-state index in [9.17, 15) is 0 Å². The summed E-state index contributed by atoms with van der Waals surface area (Å²) in [6.45, 7) is 5.81. The Hall–Kier alpha value is -0.310. The van der Waals surface area contributed by atoms with Gasteiger partial charge in [0.1, 0.15) is 0 Å². The van der Waals surface area contributed by atoms with E-state index in [1.165, 1.54) is 0 Å². The second-order valence-electron chi connectivity index (χ2n) is 3.43. The van der Waals surface area contributed by atoms with E-state index in [1.807, 2.05) is 25.1 Å². The molecule has 0 fully saturated rings. The summed E-state index contributed by atoms with van der Waals surface area (Å²) in [5, 5.41) is 0.709. The summed E-state index contributed by atoms with van der Waals surface area (Å²) in [7, 11) is 0. The fourth-order valence-corrected chi connectivity index (χ4v) is 2.01. The first-order chi connectivity index (χ1) is 6.50. The van der Waals surface area contributed by atoms with Crippen LogP contribution < -0.4 is 5.73 Å². The predicted molar refractivity (Wildman–Crippen MR) is 65.5 cm³/mol. The third-order valence-corrected chi connectivity index (χ3v) is 2.88. The van der Waals surface area contributed by atoms with E-state index in [0.29, 0.717) is 5.02 Å². The highest BCUT2D eigenvalue weighted by Gasteiger charge is 2.10. The van der Waals surface area contributed by atoms with Crippen LogP contribution in [0.4, 0.5) is 0 Å². The lowest BCUT2D eigenvalue weighted by Crippen LogP contribution is -2.11. The summed E-state index contributed by atoms with van der Waals surface area (Å²) in [4.78, 5) is 0. The van der Waals surface area contributed by atoms with Crippen molar-refractivity contribution in [3.8, 4) is 0 Å². The van der Waals surface area contributed by atoms with Gasteiger partial charge < -0.3 is 5.73 Å². The van der Waals surface area contributed by atoms with E-state index in [0.717, 1.165) is 22.0 Å². The maximum Gasteiger partial charge on any atom is 0.0410 e. The monoisotopic (exact) mass is 273 g/mol. The first-order valence-electron chi connectivity index (χ1n) is 4.35. The molecule has 1 atom stereocenters. The first-order valence-corrected chi connectivity index (χ1v) is 5.52. The Labute approximate surface area is 98.1 Å². The minimum absolute atomic E-state index is 0.0411. The third kappa shape index (κ3) is 3.12. The Morgan fingerprint density at radius 3 is 2.86 bits per heavy atom. The zero-order valence-electron chi connectivity index (χ0n) is 8.06. The van der Waals surface area contributed by atoms with Crippen molar-refractivity contribution in [3.05, 3.63) is 45.4 Å². The van der Waals surface area contributed by atoms with E-state index in [1.54, 1.807) is 0 Å². The van der Waals surface area contributed by atoms with E-state index in [-0.39, 0.29) is 6.04 Å². The molecule has 3 heteroatoms. The van der Waals surface area contributed by atoms with Gasteiger partial charge in [0.25, 0.3) is 0 Å². The molecule has 0 aromatic heterocycles. The van der Waals surface area contributed by atoms with Crippen LogP contribution in [0.5, 0.6) is 0 Å². The van der Waals surface area contributed by atoms with Crippen molar-refractivity contribution in [1.29, 1.82) is 0 Å². The van der Waals surface area contributed by atoms with Crippen LogP contribution in [0.2, 0.25) is 5.02 Å². The van der Waals surface area contributed by atoms with Crippen LogP contribution in [-0.2, 0) is 0 Å². The maximum absolute atomic E-state index is 6.02. The van der Waals surface area contributed by atoms with Crippen LogP contribution >= 0.6 is 27.5 Å². The van der Waals surface area contributed by atoms with Gasteiger partial charge >= 0.3 is 0 Å². The maximum atomic E-state index is 6.02. The van der Waals surface area contributed by atoms with Crippen molar-refractivity contribution in [3.63, 3.8) is 0 Å². The molecule has 2 N–H and O–H groups in total. The molecule has 0 bridgehead atoms. The highest BCUT2D eigenvalue weighted by atomic mass is 79.9. The quantitative estimate of drug-likeness (QED) is 0.826. The van der Waals surface area contributed by atoms with Crippen LogP contribution in [0.3, 0.4) is 0 Å². The first kappa shape index (κ1) is 11.8. The molecule has 14 heavy (non-hydrogen) atoms. The van der Waals surface area contributed by atoms with Crippen LogP contribution in [0, 0.1) is 0 Å². The van der Waals surface area contributed by atoms with Gasteiger partial charge in [0, 0.05) is 15.5 Å². The molecule has 0 saturated heterocycles. The molecule has 1 rings (SSSR count). The van der Waals surface area contributed by atoms with E-state index in [4.69, 9.17) is 17.3 Å². The molecule has 1 nitrogen and oxygen atoms in total. The fourth-order valence-electron chi connectivity index (χ4n) is 1.28. The largest absolute Gasteiger partial charge is 0.324 e. The van der Waals surface area contributed by atoms with Gasteiger partial charge in [-0.2, -0.15) is 0 Å². The van der Waals surface area contributed by atoms with Gasteiger partial charge in [0.2, 0.25) is 0 Å². The summed E-state index contributed by atoms with van der Waals surface area (Å²) in [6, 6.07) is 5.60. The lowest BCUT2D eigenvalue weighted by atomic mass is 10.0. The standard InChI is InChI=1S/C11H13BrClN/c1-7(2)5-11(14)9-6-8(13)3-4-10(9)12/h3-4,6,11H,1,5,14H2,2H3/t11-/m1/s1. The molecule has 0 aliphatic rings. The molecule has 0 unspecified atom stereocenters. The summed E-state index contributed by atoms with van der Waals surface area (Å²) < 4.78 is 0.996. The Balaban J connectivity index is 2.93. The fraction of sp³-hybridized carbons (Fsp3) is 0.273. The zero-order valence-corrected chi connectivity index (χ0v) is 10.4. The van der Waals surface area contributed by atoms with Gasteiger partial charge in [-0.25, -0.2) is 0 Å². The third-order valence-electron chi connectivity index (χ3n) is 1.93. The number of hydrogen-bond acceptors (Lipinski definition) is 1. The molecule has 76 valence electrons. The summed E-state index contributed by atoms with van der Waals surface area (Å²) in [6.07, 6.45) is 0.777. The summed E-state index contributed by atoms with van der Waals surface area (Å²) in [5.74, 6) is 0. The highest BCUT2D eigenvalue weighted by molar-refractivity contribution is 9.10. The minimum Gasteiger partial charge on any atom is -0.324 e.